The van der Waals surface area contributed by atoms with Crippen molar-refractivity contribution >= 4 is 35.9 Å². The van der Waals surface area contributed by atoms with Crippen molar-refractivity contribution in [1.29, 1.82) is 0 Å². The van der Waals surface area contributed by atoms with Gasteiger partial charge in [-0.2, -0.15) is 0 Å². The molecule has 3 aromatic carbocycles. The first kappa shape index (κ1) is 44.1. The minimum Gasteiger partial charge on any atom is -0.412 e. The Hall–Kier alpha value is -4.87. The van der Waals surface area contributed by atoms with E-state index in [2.05, 4.69) is 16.0 Å². The van der Waals surface area contributed by atoms with Gasteiger partial charge in [0.25, 0.3) is 0 Å². The zero-order valence-electron chi connectivity index (χ0n) is 28.7. The van der Waals surface area contributed by atoms with E-state index in [-0.39, 0.29) is 23.2 Å². The second kappa shape index (κ2) is 28.2. The van der Waals surface area contributed by atoms with Gasteiger partial charge >= 0.3 is 0 Å². The molecule has 0 bridgehead atoms. The second-order valence-electron chi connectivity index (χ2n) is 10.7. The lowest BCUT2D eigenvalue weighted by Crippen LogP contribution is -2.30. The number of nitrogens with one attached hydrogen (secondary N) is 3. The number of rotatable bonds is 15. The lowest BCUT2D eigenvalue weighted by molar-refractivity contribution is -0.117. The average molecular weight is 676 g/mol. The molecule has 0 unspecified atom stereocenters. The Morgan fingerprint density at radius 3 is 0.918 bits per heavy atom. The first-order valence-corrected chi connectivity index (χ1v) is 16.2. The maximum absolute atomic E-state index is 11.3. The van der Waals surface area contributed by atoms with E-state index < -0.39 is 18.3 Å². The van der Waals surface area contributed by atoms with Gasteiger partial charge in [-0.3, -0.25) is 14.4 Å². The van der Waals surface area contributed by atoms with Gasteiger partial charge in [0, 0.05) is 37.9 Å². The molecule has 0 aliphatic heterocycles. The van der Waals surface area contributed by atoms with Crippen LogP contribution in [0.25, 0.3) is 18.2 Å². The summed E-state index contributed by atoms with van der Waals surface area (Å²) in [5, 5.41) is 35.6. The lowest BCUT2D eigenvalue weighted by atomic mass is 10.2. The zero-order chi connectivity index (χ0) is 35.4. The molecular formula is C39H53N3O7. The van der Waals surface area contributed by atoms with Crippen molar-refractivity contribution in [2.75, 3.05) is 19.6 Å². The van der Waals surface area contributed by atoms with Gasteiger partial charge in [-0.15, -0.1) is 0 Å². The summed E-state index contributed by atoms with van der Waals surface area (Å²) in [6, 6.07) is 28.8. The summed E-state index contributed by atoms with van der Waals surface area (Å²) in [5.74, 6) is -0.552. The Kier molecular flexibility index (Phi) is 25.4. The van der Waals surface area contributed by atoms with E-state index >= 15 is 0 Å². The fourth-order valence-corrected chi connectivity index (χ4v) is 3.47. The first-order chi connectivity index (χ1) is 23.2. The normalized spacial score (nSPS) is 12.4. The van der Waals surface area contributed by atoms with E-state index in [9.17, 15) is 29.7 Å². The number of carbonyl (C=O) groups excluding carboxylic acids is 3. The van der Waals surface area contributed by atoms with E-state index in [1.807, 2.05) is 112 Å². The third kappa shape index (κ3) is 24.0. The minimum atomic E-state index is -0.464. The van der Waals surface area contributed by atoms with Crippen LogP contribution in [-0.4, -0.2) is 76.5 Å². The Morgan fingerprint density at radius 2 is 0.714 bits per heavy atom. The fourth-order valence-electron chi connectivity index (χ4n) is 3.47. The van der Waals surface area contributed by atoms with Crippen LogP contribution in [0.5, 0.6) is 0 Å². The maximum Gasteiger partial charge on any atom is 0.244 e. The number of aliphatic hydroxyl groups is 3. The Labute approximate surface area is 290 Å². The van der Waals surface area contributed by atoms with E-state index in [1.165, 1.54) is 18.2 Å². The highest BCUT2D eigenvalue weighted by molar-refractivity contribution is 5.92. The number of aliphatic hydroxyl groups excluding tert-OH is 3. The van der Waals surface area contributed by atoms with Crippen LogP contribution in [0.4, 0.5) is 0 Å². The van der Waals surface area contributed by atoms with Gasteiger partial charge in [0.15, 0.2) is 0 Å². The SMILES string of the molecule is CC[C@@H](O)CNC(=O)/C=C/c1ccccc1.CC[C@@H](O)CNC(=O)/C=C/c1ccccc1.CC[C@@H](O)CNC(=O)/C=C/c1ccccc1.O. The number of amides is 3. The summed E-state index contributed by atoms with van der Waals surface area (Å²) >= 11 is 0. The summed E-state index contributed by atoms with van der Waals surface area (Å²) in [6.45, 7) is 6.52. The van der Waals surface area contributed by atoms with E-state index in [4.69, 9.17) is 0 Å². The molecule has 3 rings (SSSR count). The molecule has 3 atom stereocenters. The Balaban J connectivity index is 0.000000698. The number of hydrogen-bond donors (Lipinski definition) is 6. The summed E-state index contributed by atoms with van der Waals surface area (Å²) in [6.07, 6.45) is 10.2. The molecule has 3 aromatic rings. The molecule has 0 saturated carbocycles. The monoisotopic (exact) mass is 675 g/mol. The van der Waals surface area contributed by atoms with Gasteiger partial charge < -0.3 is 36.7 Å². The molecular weight excluding hydrogens is 622 g/mol. The van der Waals surface area contributed by atoms with Crippen molar-refractivity contribution in [2.24, 2.45) is 0 Å². The molecule has 10 heteroatoms. The number of benzene rings is 3. The van der Waals surface area contributed by atoms with Crippen LogP contribution in [0.3, 0.4) is 0 Å². The highest BCUT2D eigenvalue weighted by Crippen LogP contribution is 2.02. The summed E-state index contributed by atoms with van der Waals surface area (Å²) < 4.78 is 0. The molecule has 0 spiro atoms. The van der Waals surface area contributed by atoms with Crippen molar-refractivity contribution in [3.05, 3.63) is 126 Å². The van der Waals surface area contributed by atoms with Crippen LogP contribution < -0.4 is 16.0 Å². The van der Waals surface area contributed by atoms with Crippen molar-refractivity contribution in [2.45, 2.75) is 58.3 Å². The summed E-state index contributed by atoms with van der Waals surface area (Å²) in [5.41, 5.74) is 2.94. The standard InChI is InChI=1S/3C13H17NO2.H2O/c3*1-2-12(15)10-14-13(16)9-8-11-6-4-3-5-7-11;/h3*3-9,12,15H,2,10H2,1H3,(H,14,16);1H2/b3*9-8+;/t3*12-;/m111./s1. The molecule has 0 radical (unpaired) electrons. The van der Waals surface area contributed by atoms with Crippen molar-refractivity contribution in [3.8, 4) is 0 Å². The molecule has 3 amide bonds. The van der Waals surface area contributed by atoms with Crippen LogP contribution in [0, 0.1) is 0 Å². The van der Waals surface area contributed by atoms with Gasteiger partial charge in [0.2, 0.25) is 17.7 Å². The first-order valence-electron chi connectivity index (χ1n) is 16.2. The highest BCUT2D eigenvalue weighted by atomic mass is 16.3. The van der Waals surface area contributed by atoms with E-state index in [0.717, 1.165) is 16.7 Å². The number of carbonyl (C=O) groups is 3. The minimum absolute atomic E-state index is 0. The van der Waals surface area contributed by atoms with Gasteiger partial charge in [-0.05, 0) is 54.2 Å². The van der Waals surface area contributed by atoms with Crippen molar-refractivity contribution < 1.29 is 35.2 Å². The van der Waals surface area contributed by atoms with E-state index in [1.54, 1.807) is 18.2 Å². The third-order valence-electron chi connectivity index (χ3n) is 6.63. The third-order valence-corrected chi connectivity index (χ3v) is 6.63. The largest absolute Gasteiger partial charge is 0.412 e. The predicted molar refractivity (Wildman–Crippen MR) is 198 cm³/mol. The molecule has 10 nitrogen and oxygen atoms in total. The highest BCUT2D eigenvalue weighted by Gasteiger charge is 2.03. The predicted octanol–water partition coefficient (Wildman–Crippen LogP) is 3.94. The zero-order valence-corrected chi connectivity index (χ0v) is 28.7. The van der Waals surface area contributed by atoms with Crippen molar-refractivity contribution in [3.63, 3.8) is 0 Å². The van der Waals surface area contributed by atoms with Crippen LogP contribution in [-0.2, 0) is 14.4 Å². The lowest BCUT2D eigenvalue weighted by Gasteiger charge is -2.07. The molecule has 266 valence electrons. The average Bonchev–Trinajstić information content (AvgIpc) is 3.14. The van der Waals surface area contributed by atoms with Crippen LogP contribution in [0.2, 0.25) is 0 Å². The van der Waals surface area contributed by atoms with Crippen LogP contribution in [0.15, 0.2) is 109 Å². The number of hydrogen-bond acceptors (Lipinski definition) is 6. The van der Waals surface area contributed by atoms with Gasteiger partial charge in [0.1, 0.15) is 0 Å². The van der Waals surface area contributed by atoms with Gasteiger partial charge in [0.05, 0.1) is 18.3 Å². The molecule has 0 aliphatic carbocycles. The maximum atomic E-state index is 11.3. The molecule has 0 aromatic heterocycles. The summed E-state index contributed by atoms with van der Waals surface area (Å²) in [7, 11) is 0. The molecule has 0 saturated heterocycles. The van der Waals surface area contributed by atoms with E-state index in [0.29, 0.717) is 38.9 Å². The molecule has 0 fully saturated rings. The van der Waals surface area contributed by atoms with Crippen LogP contribution >= 0.6 is 0 Å². The second-order valence-corrected chi connectivity index (χ2v) is 10.7. The molecule has 8 N–H and O–H groups in total. The van der Waals surface area contributed by atoms with Gasteiger partial charge in [-0.25, -0.2) is 0 Å². The summed E-state index contributed by atoms with van der Waals surface area (Å²) in [4.78, 5) is 34.0. The Morgan fingerprint density at radius 1 is 0.490 bits per heavy atom. The molecule has 0 aliphatic rings. The molecule has 0 heterocycles. The van der Waals surface area contributed by atoms with Crippen molar-refractivity contribution in [1.82, 2.24) is 16.0 Å². The smallest absolute Gasteiger partial charge is 0.244 e. The molecule has 49 heavy (non-hydrogen) atoms. The topological polar surface area (TPSA) is 179 Å². The van der Waals surface area contributed by atoms with Gasteiger partial charge in [-0.1, -0.05) is 112 Å². The van der Waals surface area contributed by atoms with Crippen LogP contribution in [0.1, 0.15) is 56.7 Å². The quantitative estimate of drug-likeness (QED) is 0.133. The fraction of sp³-hybridized carbons (Fsp3) is 0.308. The Bertz CT molecular complexity index is 1210.